The van der Waals surface area contributed by atoms with E-state index < -0.39 is 18.1 Å². The average Bonchev–Trinajstić information content (AvgIpc) is 3.13. The van der Waals surface area contributed by atoms with Crippen LogP contribution in [0.1, 0.15) is 49.3 Å². The third-order valence-corrected chi connectivity index (χ3v) is 8.46. The second kappa shape index (κ2) is 8.58. The molecule has 2 N–H and O–H groups in total. The number of nitrogens with zero attached hydrogens (tertiary/aromatic N) is 5. The number of fused-ring (bicyclic) bond motifs is 1. The van der Waals surface area contributed by atoms with E-state index in [0.29, 0.717) is 30.8 Å². The minimum Gasteiger partial charge on any atom is -0.389 e. The lowest BCUT2D eigenvalue weighted by atomic mass is 9.84. The van der Waals surface area contributed by atoms with E-state index in [1.807, 2.05) is 0 Å². The molecule has 4 heterocycles. The van der Waals surface area contributed by atoms with Crippen molar-refractivity contribution in [3.8, 4) is 0 Å². The molecular weight excluding hydrogens is 490 g/mol. The smallest absolute Gasteiger partial charge is 0.272 e. The third kappa shape index (κ3) is 4.04. The Labute approximate surface area is 212 Å². The molecule has 11 heteroatoms. The van der Waals surface area contributed by atoms with Crippen molar-refractivity contribution in [3.05, 3.63) is 40.8 Å². The highest BCUT2D eigenvalue weighted by atomic mass is 35.5. The van der Waals surface area contributed by atoms with Gasteiger partial charge in [0, 0.05) is 18.0 Å². The second-order valence-corrected chi connectivity index (χ2v) is 10.9. The van der Waals surface area contributed by atoms with Crippen molar-refractivity contribution in [2.24, 2.45) is 0 Å². The molecule has 36 heavy (non-hydrogen) atoms. The molecule has 1 unspecified atom stereocenters. The Morgan fingerprint density at radius 1 is 1.22 bits per heavy atom. The highest BCUT2D eigenvalue weighted by molar-refractivity contribution is 6.32. The molecule has 0 spiro atoms. The number of rotatable bonds is 5. The predicted octanol–water partition coefficient (Wildman–Crippen LogP) is 4.44. The third-order valence-electron chi connectivity index (χ3n) is 8.08. The molecule has 3 aliphatic rings. The van der Waals surface area contributed by atoms with Gasteiger partial charge in [-0.2, -0.15) is 5.10 Å². The number of halogens is 3. The molecule has 3 atom stereocenters. The van der Waals surface area contributed by atoms with Crippen LogP contribution < -0.4 is 5.32 Å². The Hall–Kier alpha value is -2.40. The van der Waals surface area contributed by atoms with Gasteiger partial charge in [0.05, 0.1) is 42.3 Å². The zero-order valence-corrected chi connectivity index (χ0v) is 21.0. The summed E-state index contributed by atoms with van der Waals surface area (Å²) in [6.45, 7) is 6.97. The van der Waals surface area contributed by atoms with Crippen LogP contribution in [0.25, 0.3) is 10.9 Å². The Kier molecular flexibility index (Phi) is 5.71. The minimum absolute atomic E-state index is 0.115. The number of alkyl halides is 2. The number of hydrogen-bond acceptors (Lipinski definition) is 7. The van der Waals surface area contributed by atoms with Gasteiger partial charge in [-0.15, -0.1) is 0 Å². The van der Waals surface area contributed by atoms with Crippen LogP contribution in [0.4, 0.5) is 20.4 Å². The number of anilines is 2. The van der Waals surface area contributed by atoms with E-state index in [2.05, 4.69) is 51.3 Å². The molecule has 0 radical (unpaired) electrons. The molecule has 2 aliphatic heterocycles. The number of aromatic nitrogens is 4. The Morgan fingerprint density at radius 3 is 2.64 bits per heavy atom. The van der Waals surface area contributed by atoms with Crippen molar-refractivity contribution < 1.29 is 18.6 Å². The number of likely N-dealkylation sites (tertiary alicyclic amines) is 1. The van der Waals surface area contributed by atoms with Crippen molar-refractivity contribution >= 4 is 34.1 Å². The number of piperidine rings is 1. The standard InChI is InChI=1S/C25H29ClF2N6O2/c1-14-7-16-10-29-23(32-19-11-30-34(22(19)26)20-9-25(20,27)28)31-18(16)8-17(14)15-3-5-33(6-4-15)24(2)13-36-12-21(24)35/h7-8,10-11,15,20-21,35H,3-6,9,12-13H2,1-2H3,(H,29,31,32)/t20?,21-,24+/m0/s1. The first-order valence-electron chi connectivity index (χ1n) is 12.3. The van der Waals surface area contributed by atoms with Gasteiger partial charge in [0.2, 0.25) is 5.95 Å². The summed E-state index contributed by atoms with van der Waals surface area (Å²) in [5.41, 5.74) is 3.35. The fourth-order valence-electron chi connectivity index (χ4n) is 5.60. The summed E-state index contributed by atoms with van der Waals surface area (Å²) < 4.78 is 33.6. The van der Waals surface area contributed by atoms with E-state index in [9.17, 15) is 13.9 Å². The second-order valence-electron chi connectivity index (χ2n) is 10.5. The Morgan fingerprint density at radius 2 is 1.97 bits per heavy atom. The summed E-state index contributed by atoms with van der Waals surface area (Å²) in [7, 11) is 0. The van der Waals surface area contributed by atoms with Gasteiger partial charge in [0.25, 0.3) is 5.92 Å². The highest BCUT2D eigenvalue weighted by Crippen LogP contribution is 2.53. The van der Waals surface area contributed by atoms with Gasteiger partial charge in [-0.05, 0) is 69.0 Å². The van der Waals surface area contributed by atoms with Gasteiger partial charge < -0.3 is 15.2 Å². The van der Waals surface area contributed by atoms with E-state index in [0.717, 1.165) is 41.5 Å². The molecule has 1 aromatic carbocycles. The number of benzene rings is 1. The van der Waals surface area contributed by atoms with E-state index >= 15 is 0 Å². The van der Waals surface area contributed by atoms with Gasteiger partial charge in [-0.3, -0.25) is 4.90 Å². The zero-order valence-electron chi connectivity index (χ0n) is 20.2. The quantitative estimate of drug-likeness (QED) is 0.516. The fraction of sp³-hybridized carbons (Fsp3) is 0.560. The van der Waals surface area contributed by atoms with Crippen LogP contribution in [0.5, 0.6) is 0 Å². The number of ether oxygens (including phenoxy) is 1. The van der Waals surface area contributed by atoms with E-state index in [1.54, 1.807) is 6.20 Å². The van der Waals surface area contributed by atoms with Crippen LogP contribution in [-0.2, 0) is 4.74 Å². The predicted molar refractivity (Wildman–Crippen MR) is 132 cm³/mol. The maximum absolute atomic E-state index is 13.4. The van der Waals surface area contributed by atoms with Crippen molar-refractivity contribution in [2.75, 3.05) is 31.6 Å². The highest BCUT2D eigenvalue weighted by Gasteiger charge is 2.59. The Balaban J connectivity index is 1.20. The van der Waals surface area contributed by atoms with Crippen molar-refractivity contribution in [2.45, 2.75) is 62.6 Å². The van der Waals surface area contributed by atoms with Crippen LogP contribution in [0, 0.1) is 6.92 Å². The average molecular weight is 519 g/mol. The van der Waals surface area contributed by atoms with Gasteiger partial charge in [0.15, 0.2) is 5.15 Å². The molecule has 0 amide bonds. The molecule has 2 saturated heterocycles. The fourth-order valence-corrected chi connectivity index (χ4v) is 5.86. The van der Waals surface area contributed by atoms with Crippen molar-refractivity contribution in [1.82, 2.24) is 24.6 Å². The van der Waals surface area contributed by atoms with Crippen LogP contribution in [0.3, 0.4) is 0 Å². The lowest BCUT2D eigenvalue weighted by molar-refractivity contribution is -0.00214. The van der Waals surface area contributed by atoms with Gasteiger partial charge in [-0.25, -0.2) is 23.4 Å². The van der Waals surface area contributed by atoms with Crippen molar-refractivity contribution in [1.29, 1.82) is 0 Å². The first kappa shape index (κ1) is 24.0. The lowest BCUT2D eigenvalue weighted by Crippen LogP contribution is -2.56. The molecule has 1 aliphatic carbocycles. The monoisotopic (exact) mass is 518 g/mol. The minimum atomic E-state index is -2.76. The van der Waals surface area contributed by atoms with Gasteiger partial charge >= 0.3 is 0 Å². The van der Waals surface area contributed by atoms with Crippen LogP contribution in [-0.4, -0.2) is 73.6 Å². The number of nitrogens with one attached hydrogen (secondary N) is 1. The van der Waals surface area contributed by atoms with E-state index in [1.165, 1.54) is 17.3 Å². The van der Waals surface area contributed by atoms with Crippen molar-refractivity contribution in [3.63, 3.8) is 0 Å². The Bertz CT molecular complexity index is 1310. The number of hydrogen-bond donors (Lipinski definition) is 2. The first-order valence-corrected chi connectivity index (χ1v) is 12.7. The maximum Gasteiger partial charge on any atom is 0.272 e. The molecule has 1 saturated carbocycles. The van der Waals surface area contributed by atoms with Gasteiger partial charge in [-0.1, -0.05) is 11.6 Å². The molecule has 3 aromatic rings. The topological polar surface area (TPSA) is 88.3 Å². The SMILES string of the molecule is Cc1cc2cnc(Nc3cnn(C4CC4(F)F)c3Cl)nc2cc1C1CCN([C@]2(C)COC[C@@H]2O)CC1. The van der Waals surface area contributed by atoms with E-state index in [-0.39, 0.29) is 17.1 Å². The molecular formula is C25H29ClF2N6O2. The summed E-state index contributed by atoms with van der Waals surface area (Å²) in [4.78, 5) is 11.4. The van der Waals surface area contributed by atoms with Crippen LogP contribution in [0.15, 0.2) is 24.5 Å². The van der Waals surface area contributed by atoms with Crippen LogP contribution >= 0.6 is 11.6 Å². The maximum atomic E-state index is 13.4. The summed E-state index contributed by atoms with van der Waals surface area (Å²) in [6.07, 6.45) is 4.44. The molecule has 8 nitrogen and oxygen atoms in total. The largest absolute Gasteiger partial charge is 0.389 e. The summed E-state index contributed by atoms with van der Waals surface area (Å²) >= 11 is 6.30. The molecule has 3 fully saturated rings. The number of aliphatic hydroxyl groups is 1. The van der Waals surface area contributed by atoms with Gasteiger partial charge in [0.1, 0.15) is 6.04 Å². The van der Waals surface area contributed by atoms with Crippen LogP contribution in [0.2, 0.25) is 5.15 Å². The lowest BCUT2D eigenvalue weighted by Gasteiger charge is -2.43. The van der Waals surface area contributed by atoms with E-state index in [4.69, 9.17) is 16.3 Å². The molecule has 192 valence electrons. The molecule has 6 rings (SSSR count). The zero-order chi connectivity index (χ0) is 25.2. The summed E-state index contributed by atoms with van der Waals surface area (Å²) in [5.74, 6) is -2.04. The number of aryl methyl sites for hydroxylation is 1. The molecule has 0 bridgehead atoms. The summed E-state index contributed by atoms with van der Waals surface area (Å²) in [6, 6.07) is 3.24. The number of aliphatic hydroxyl groups excluding tert-OH is 1. The normalized spacial score (nSPS) is 28.6. The summed E-state index contributed by atoms with van der Waals surface area (Å²) in [5, 5.41) is 18.5. The molecule has 2 aromatic heterocycles. The first-order chi connectivity index (χ1) is 17.2.